The summed E-state index contributed by atoms with van der Waals surface area (Å²) in [5, 5.41) is 2.87. The number of sulfonamides is 1. The van der Waals surface area contributed by atoms with E-state index < -0.39 is 10.0 Å². The Kier molecular flexibility index (Phi) is 5.11. The molecule has 0 heterocycles. The number of benzene rings is 3. The van der Waals surface area contributed by atoms with Gasteiger partial charge in [-0.25, -0.2) is 13.1 Å². The van der Waals surface area contributed by atoms with Crippen molar-refractivity contribution in [3.63, 3.8) is 0 Å². The van der Waals surface area contributed by atoms with Crippen molar-refractivity contribution in [2.45, 2.75) is 12.3 Å². The zero-order valence-electron chi connectivity index (χ0n) is 12.7. The van der Waals surface area contributed by atoms with Gasteiger partial charge in [0.25, 0.3) is 0 Å². The van der Waals surface area contributed by atoms with E-state index in [-0.39, 0.29) is 12.3 Å². The maximum atomic E-state index is 12.3. The Balaban J connectivity index is 1.76. The van der Waals surface area contributed by atoms with Gasteiger partial charge >= 0.3 is 0 Å². The molecule has 0 spiro atoms. The maximum Gasteiger partial charge on any atom is 0.216 e. The van der Waals surface area contributed by atoms with Crippen LogP contribution in [0, 0.1) is 0 Å². The summed E-state index contributed by atoms with van der Waals surface area (Å²) < 4.78 is 27.3. The van der Waals surface area contributed by atoms with Crippen LogP contribution in [-0.2, 0) is 22.3 Å². The number of hydrogen-bond donors (Lipinski definition) is 1. The van der Waals surface area contributed by atoms with Crippen LogP contribution in [0.25, 0.3) is 10.8 Å². The molecule has 0 aliphatic heterocycles. The lowest BCUT2D eigenvalue weighted by Crippen LogP contribution is -2.24. The standard InChI is InChI=1S/C18H15Cl2NO2S/c19-17-9-8-13(10-18(17)20)12-24(22,23)21-11-15-6-3-5-14-4-1-2-7-16(14)15/h1-10,21H,11-12H2. The third kappa shape index (κ3) is 4.08. The molecule has 6 heteroatoms. The average molecular weight is 380 g/mol. The molecule has 3 nitrogen and oxygen atoms in total. The van der Waals surface area contributed by atoms with E-state index in [1.165, 1.54) is 0 Å². The zero-order valence-corrected chi connectivity index (χ0v) is 15.0. The third-order valence-electron chi connectivity index (χ3n) is 3.70. The molecule has 0 atom stereocenters. The van der Waals surface area contributed by atoms with Gasteiger partial charge in [0.1, 0.15) is 0 Å². The van der Waals surface area contributed by atoms with Gasteiger partial charge in [0.2, 0.25) is 10.0 Å². The van der Waals surface area contributed by atoms with Crippen molar-refractivity contribution in [3.05, 3.63) is 81.8 Å². The molecule has 0 saturated carbocycles. The molecule has 3 aromatic carbocycles. The van der Waals surface area contributed by atoms with Gasteiger partial charge in [-0.15, -0.1) is 0 Å². The summed E-state index contributed by atoms with van der Waals surface area (Å²) in [6.45, 7) is 0.241. The van der Waals surface area contributed by atoms with Crippen LogP contribution >= 0.6 is 23.2 Å². The van der Waals surface area contributed by atoms with Gasteiger partial charge in [0, 0.05) is 6.54 Å². The summed E-state index contributed by atoms with van der Waals surface area (Å²) in [7, 11) is -3.48. The van der Waals surface area contributed by atoms with Gasteiger partial charge in [-0.3, -0.25) is 0 Å². The summed E-state index contributed by atoms with van der Waals surface area (Å²) in [5.74, 6) is -0.144. The summed E-state index contributed by atoms with van der Waals surface area (Å²) in [6.07, 6.45) is 0. The van der Waals surface area contributed by atoms with Gasteiger partial charge < -0.3 is 0 Å². The molecule has 0 unspecified atom stereocenters. The van der Waals surface area contributed by atoms with Crippen LogP contribution in [0.15, 0.2) is 60.7 Å². The molecule has 0 aliphatic carbocycles. The highest BCUT2D eigenvalue weighted by Gasteiger charge is 2.13. The van der Waals surface area contributed by atoms with Crippen LogP contribution in [0.2, 0.25) is 10.0 Å². The zero-order chi connectivity index (χ0) is 17.2. The largest absolute Gasteiger partial charge is 0.216 e. The predicted molar refractivity (Wildman–Crippen MR) is 99.9 cm³/mol. The van der Waals surface area contributed by atoms with Crippen LogP contribution in [-0.4, -0.2) is 8.42 Å². The first kappa shape index (κ1) is 17.2. The second kappa shape index (κ2) is 7.11. The Morgan fingerprint density at radius 2 is 1.62 bits per heavy atom. The molecule has 0 radical (unpaired) electrons. The van der Waals surface area contributed by atoms with Gasteiger partial charge in [0.05, 0.1) is 15.8 Å². The predicted octanol–water partition coefficient (Wildman–Crippen LogP) is 4.77. The quantitative estimate of drug-likeness (QED) is 0.693. The summed E-state index contributed by atoms with van der Waals surface area (Å²) in [4.78, 5) is 0. The lowest BCUT2D eigenvalue weighted by Gasteiger charge is -2.10. The Morgan fingerprint density at radius 3 is 2.42 bits per heavy atom. The van der Waals surface area contributed by atoms with E-state index in [1.54, 1.807) is 18.2 Å². The molecule has 0 bridgehead atoms. The fourth-order valence-electron chi connectivity index (χ4n) is 2.53. The maximum absolute atomic E-state index is 12.3. The van der Waals surface area contributed by atoms with Crippen molar-refractivity contribution in [2.75, 3.05) is 0 Å². The topological polar surface area (TPSA) is 46.2 Å². The lowest BCUT2D eigenvalue weighted by atomic mass is 10.1. The average Bonchev–Trinajstić information content (AvgIpc) is 2.56. The molecular weight excluding hydrogens is 365 g/mol. The SMILES string of the molecule is O=S(=O)(Cc1ccc(Cl)c(Cl)c1)NCc1cccc2ccccc12. The van der Waals surface area contributed by atoms with E-state index in [2.05, 4.69) is 4.72 Å². The number of fused-ring (bicyclic) bond motifs is 1. The normalized spacial score (nSPS) is 11.8. The molecule has 0 fully saturated rings. The minimum atomic E-state index is -3.48. The first-order chi connectivity index (χ1) is 11.4. The highest BCUT2D eigenvalue weighted by Crippen LogP contribution is 2.23. The van der Waals surface area contributed by atoms with Gasteiger partial charge in [-0.2, -0.15) is 0 Å². The smallest absolute Gasteiger partial charge is 0.212 e. The van der Waals surface area contributed by atoms with Crippen molar-refractivity contribution in [1.29, 1.82) is 0 Å². The molecule has 3 rings (SSSR count). The fourth-order valence-corrected chi connectivity index (χ4v) is 3.95. The second-order valence-corrected chi connectivity index (χ2v) is 8.09. The fraction of sp³-hybridized carbons (Fsp3) is 0.111. The summed E-state index contributed by atoms with van der Waals surface area (Å²) >= 11 is 11.8. The second-order valence-electron chi connectivity index (χ2n) is 5.47. The Labute approximate surface area is 151 Å². The molecule has 0 saturated heterocycles. The van der Waals surface area contributed by atoms with Crippen LogP contribution < -0.4 is 4.72 Å². The van der Waals surface area contributed by atoms with E-state index in [1.807, 2.05) is 42.5 Å². The summed E-state index contributed by atoms with van der Waals surface area (Å²) in [6, 6.07) is 18.6. The van der Waals surface area contributed by atoms with Crippen molar-refractivity contribution >= 4 is 44.0 Å². The number of nitrogens with one attached hydrogen (secondary N) is 1. The Bertz CT molecular complexity index is 982. The molecule has 0 aliphatic rings. The highest BCUT2D eigenvalue weighted by atomic mass is 35.5. The van der Waals surface area contributed by atoms with Gasteiger partial charge in [-0.05, 0) is 34.0 Å². The van der Waals surface area contributed by atoms with E-state index in [0.29, 0.717) is 15.6 Å². The molecule has 3 aromatic rings. The first-order valence-electron chi connectivity index (χ1n) is 7.32. The number of halogens is 2. The van der Waals surface area contributed by atoms with Crippen molar-refractivity contribution in [1.82, 2.24) is 4.72 Å². The summed E-state index contributed by atoms with van der Waals surface area (Å²) in [5.41, 5.74) is 1.53. The molecule has 0 amide bonds. The first-order valence-corrected chi connectivity index (χ1v) is 9.73. The molecule has 1 N–H and O–H groups in total. The van der Waals surface area contributed by atoms with E-state index >= 15 is 0 Å². The van der Waals surface area contributed by atoms with Gasteiger partial charge in [0.15, 0.2) is 0 Å². The van der Waals surface area contributed by atoms with Gasteiger partial charge in [-0.1, -0.05) is 71.7 Å². The van der Waals surface area contributed by atoms with Crippen LogP contribution in [0.1, 0.15) is 11.1 Å². The van der Waals surface area contributed by atoms with Crippen molar-refractivity contribution in [3.8, 4) is 0 Å². The van der Waals surface area contributed by atoms with E-state index in [9.17, 15) is 8.42 Å². The van der Waals surface area contributed by atoms with Crippen LogP contribution in [0.4, 0.5) is 0 Å². The molecular formula is C18H15Cl2NO2S. The number of hydrogen-bond acceptors (Lipinski definition) is 2. The highest BCUT2D eigenvalue weighted by molar-refractivity contribution is 7.88. The number of rotatable bonds is 5. The lowest BCUT2D eigenvalue weighted by molar-refractivity contribution is 0.580. The molecule has 124 valence electrons. The molecule has 0 aromatic heterocycles. The minimum absolute atomic E-state index is 0.144. The van der Waals surface area contributed by atoms with E-state index in [0.717, 1.165) is 16.3 Å². The van der Waals surface area contributed by atoms with Crippen molar-refractivity contribution in [2.24, 2.45) is 0 Å². The van der Waals surface area contributed by atoms with Crippen molar-refractivity contribution < 1.29 is 8.42 Å². The third-order valence-corrected chi connectivity index (χ3v) is 5.74. The van der Waals surface area contributed by atoms with Crippen LogP contribution in [0.5, 0.6) is 0 Å². The minimum Gasteiger partial charge on any atom is -0.212 e. The molecule has 24 heavy (non-hydrogen) atoms. The monoisotopic (exact) mass is 379 g/mol. The van der Waals surface area contributed by atoms with Crippen LogP contribution in [0.3, 0.4) is 0 Å². The Morgan fingerprint density at radius 1 is 0.875 bits per heavy atom. The Hall–Kier alpha value is -1.59. The van der Waals surface area contributed by atoms with E-state index in [4.69, 9.17) is 23.2 Å².